The summed E-state index contributed by atoms with van der Waals surface area (Å²) in [5.41, 5.74) is 1.45. The first-order valence-electron chi connectivity index (χ1n) is 7.47. The van der Waals surface area contributed by atoms with Crippen LogP contribution in [0.3, 0.4) is 0 Å². The van der Waals surface area contributed by atoms with E-state index in [0.717, 1.165) is 11.3 Å². The monoisotopic (exact) mass is 288 g/mol. The molecule has 2 aliphatic rings. The number of para-hydroxylation sites is 1. The highest BCUT2D eigenvalue weighted by Crippen LogP contribution is 2.36. The van der Waals surface area contributed by atoms with E-state index in [1.807, 2.05) is 25.1 Å². The summed E-state index contributed by atoms with van der Waals surface area (Å²) in [5, 5.41) is 12.4. The van der Waals surface area contributed by atoms with E-state index in [4.69, 9.17) is 0 Å². The highest BCUT2D eigenvalue weighted by molar-refractivity contribution is 5.95. The highest BCUT2D eigenvalue weighted by Gasteiger charge is 2.34. The topological polar surface area (TPSA) is 69.6 Å². The van der Waals surface area contributed by atoms with Crippen molar-refractivity contribution in [3.05, 3.63) is 29.8 Å². The molecule has 0 aromatic heterocycles. The van der Waals surface area contributed by atoms with Gasteiger partial charge in [0.25, 0.3) is 0 Å². The van der Waals surface area contributed by atoms with Crippen LogP contribution in [-0.2, 0) is 4.79 Å². The summed E-state index contributed by atoms with van der Waals surface area (Å²) in [5.74, 6) is -0.749. The zero-order valence-electron chi connectivity index (χ0n) is 12.1. The van der Waals surface area contributed by atoms with Crippen LogP contribution in [-0.4, -0.2) is 29.7 Å². The lowest BCUT2D eigenvalue weighted by Crippen LogP contribution is -2.47. The predicted octanol–water partition coefficient (Wildman–Crippen LogP) is 2.57. The summed E-state index contributed by atoms with van der Waals surface area (Å²) in [6.45, 7) is 2.47. The molecule has 2 amide bonds. The van der Waals surface area contributed by atoms with Crippen molar-refractivity contribution in [1.82, 2.24) is 5.32 Å². The van der Waals surface area contributed by atoms with Crippen molar-refractivity contribution in [2.75, 3.05) is 11.4 Å². The molecule has 2 unspecified atom stereocenters. The van der Waals surface area contributed by atoms with Crippen molar-refractivity contribution in [3.63, 3.8) is 0 Å². The molecule has 0 saturated heterocycles. The highest BCUT2D eigenvalue weighted by atomic mass is 16.4. The van der Waals surface area contributed by atoms with Crippen LogP contribution in [0.4, 0.5) is 10.5 Å². The minimum atomic E-state index is -0.825. The van der Waals surface area contributed by atoms with Gasteiger partial charge in [-0.05, 0) is 43.7 Å². The minimum Gasteiger partial charge on any atom is -0.481 e. The molecule has 0 spiro atoms. The predicted molar refractivity (Wildman–Crippen MR) is 79.5 cm³/mol. The fraction of sp³-hybridized carbons (Fsp3) is 0.500. The summed E-state index contributed by atoms with van der Waals surface area (Å²) in [6, 6.07) is 7.35. The third-order valence-electron chi connectivity index (χ3n) is 4.47. The number of carbonyl (C=O) groups excluding carboxylic acids is 1. The number of rotatable bonds is 3. The molecule has 3 rings (SSSR count). The van der Waals surface area contributed by atoms with Gasteiger partial charge in [-0.1, -0.05) is 18.2 Å². The van der Waals surface area contributed by atoms with Crippen molar-refractivity contribution < 1.29 is 14.7 Å². The molecule has 1 heterocycles. The van der Waals surface area contributed by atoms with E-state index in [1.54, 1.807) is 11.0 Å². The zero-order valence-corrected chi connectivity index (χ0v) is 12.1. The molecule has 2 N–H and O–H groups in total. The van der Waals surface area contributed by atoms with E-state index >= 15 is 0 Å². The molecule has 1 saturated carbocycles. The van der Waals surface area contributed by atoms with E-state index in [9.17, 15) is 14.7 Å². The number of fused-ring (bicyclic) bond motifs is 1. The van der Waals surface area contributed by atoms with Crippen molar-refractivity contribution in [1.29, 1.82) is 0 Å². The second-order valence-electron chi connectivity index (χ2n) is 5.97. The standard InChI is InChI=1S/C16H20N2O3/c1-10(11-6-7-11)17-16(21)18-9-8-13(15(19)20)12-4-2-3-5-14(12)18/h2-5,10-11,13H,6-9H2,1H3,(H,17,21)(H,19,20). The normalized spacial score (nSPS) is 22.3. The summed E-state index contributed by atoms with van der Waals surface area (Å²) in [6.07, 6.45) is 2.82. The molecule has 1 aliphatic heterocycles. The largest absolute Gasteiger partial charge is 0.481 e. The van der Waals surface area contributed by atoms with Gasteiger partial charge in [0.1, 0.15) is 0 Å². The maximum absolute atomic E-state index is 12.4. The third kappa shape index (κ3) is 2.73. The molecular formula is C16H20N2O3. The lowest BCUT2D eigenvalue weighted by Gasteiger charge is -2.33. The minimum absolute atomic E-state index is 0.120. The lowest BCUT2D eigenvalue weighted by molar-refractivity contribution is -0.139. The van der Waals surface area contributed by atoms with Crippen LogP contribution in [0, 0.1) is 5.92 Å². The summed E-state index contributed by atoms with van der Waals surface area (Å²) < 4.78 is 0. The Balaban J connectivity index is 1.81. The number of nitrogens with one attached hydrogen (secondary N) is 1. The Hall–Kier alpha value is -2.04. The van der Waals surface area contributed by atoms with E-state index in [2.05, 4.69) is 5.32 Å². The number of hydrogen-bond acceptors (Lipinski definition) is 2. The van der Waals surface area contributed by atoms with Gasteiger partial charge in [-0.15, -0.1) is 0 Å². The van der Waals surface area contributed by atoms with E-state index in [-0.39, 0.29) is 12.1 Å². The van der Waals surface area contributed by atoms with Gasteiger partial charge in [0.05, 0.1) is 5.92 Å². The van der Waals surface area contributed by atoms with Gasteiger partial charge in [0.15, 0.2) is 0 Å². The van der Waals surface area contributed by atoms with Crippen LogP contribution >= 0.6 is 0 Å². The van der Waals surface area contributed by atoms with Crippen LogP contribution in [0.1, 0.15) is 37.7 Å². The second kappa shape index (κ2) is 5.39. The average molecular weight is 288 g/mol. The van der Waals surface area contributed by atoms with E-state index in [1.165, 1.54) is 12.8 Å². The molecule has 2 atom stereocenters. The number of amides is 2. The quantitative estimate of drug-likeness (QED) is 0.898. The average Bonchev–Trinajstić information content (AvgIpc) is 3.30. The first-order valence-corrected chi connectivity index (χ1v) is 7.47. The Morgan fingerprint density at radius 2 is 2.00 bits per heavy atom. The number of carboxylic acids is 1. The first kappa shape index (κ1) is 13.9. The Labute approximate surface area is 123 Å². The third-order valence-corrected chi connectivity index (χ3v) is 4.47. The molecule has 21 heavy (non-hydrogen) atoms. The molecule has 5 nitrogen and oxygen atoms in total. The number of benzene rings is 1. The smallest absolute Gasteiger partial charge is 0.322 e. The number of carbonyl (C=O) groups is 2. The molecule has 5 heteroatoms. The van der Waals surface area contributed by atoms with Crippen LogP contribution in [0.25, 0.3) is 0 Å². The van der Waals surface area contributed by atoms with E-state index in [0.29, 0.717) is 18.9 Å². The lowest BCUT2D eigenvalue weighted by atomic mass is 9.90. The van der Waals surface area contributed by atoms with Crippen LogP contribution in [0.5, 0.6) is 0 Å². The van der Waals surface area contributed by atoms with Crippen LogP contribution in [0.2, 0.25) is 0 Å². The Morgan fingerprint density at radius 3 is 2.67 bits per heavy atom. The maximum Gasteiger partial charge on any atom is 0.322 e. The van der Waals surface area contributed by atoms with Crippen molar-refractivity contribution in [3.8, 4) is 0 Å². The number of urea groups is 1. The molecule has 0 bridgehead atoms. The Kier molecular flexibility index (Phi) is 3.57. The zero-order chi connectivity index (χ0) is 15.0. The molecule has 1 aliphatic carbocycles. The SMILES string of the molecule is CC(NC(=O)N1CCC(C(=O)O)c2ccccc21)C1CC1. The fourth-order valence-corrected chi connectivity index (χ4v) is 3.02. The van der Waals surface area contributed by atoms with E-state index < -0.39 is 11.9 Å². The molecule has 1 aromatic carbocycles. The maximum atomic E-state index is 12.4. The van der Waals surface area contributed by atoms with Gasteiger partial charge in [0, 0.05) is 18.3 Å². The summed E-state index contributed by atoms with van der Waals surface area (Å²) in [7, 11) is 0. The van der Waals surface area contributed by atoms with Gasteiger partial charge in [-0.25, -0.2) is 4.79 Å². The number of anilines is 1. The van der Waals surface area contributed by atoms with Crippen LogP contribution in [0.15, 0.2) is 24.3 Å². The fourth-order valence-electron chi connectivity index (χ4n) is 3.02. The van der Waals surface area contributed by atoms with Gasteiger partial charge < -0.3 is 10.4 Å². The molecule has 112 valence electrons. The number of nitrogens with zero attached hydrogens (tertiary/aromatic N) is 1. The van der Waals surface area contributed by atoms with Gasteiger partial charge in [0.2, 0.25) is 0 Å². The Morgan fingerprint density at radius 1 is 1.29 bits per heavy atom. The van der Waals surface area contributed by atoms with Crippen molar-refractivity contribution in [2.24, 2.45) is 5.92 Å². The molecule has 1 fully saturated rings. The number of hydrogen-bond donors (Lipinski definition) is 2. The van der Waals surface area contributed by atoms with Crippen molar-refractivity contribution >= 4 is 17.7 Å². The molecule has 0 radical (unpaired) electrons. The first-order chi connectivity index (χ1) is 10.1. The van der Waals surface area contributed by atoms with Gasteiger partial charge in [-0.3, -0.25) is 9.69 Å². The molecular weight excluding hydrogens is 268 g/mol. The number of aliphatic carboxylic acids is 1. The Bertz CT molecular complexity index is 568. The summed E-state index contributed by atoms with van der Waals surface area (Å²) in [4.78, 5) is 25.5. The van der Waals surface area contributed by atoms with Gasteiger partial charge in [-0.2, -0.15) is 0 Å². The van der Waals surface area contributed by atoms with Crippen LogP contribution < -0.4 is 10.2 Å². The van der Waals surface area contributed by atoms with Crippen molar-refractivity contribution in [2.45, 2.75) is 38.1 Å². The van der Waals surface area contributed by atoms with Gasteiger partial charge >= 0.3 is 12.0 Å². The number of carboxylic acid groups (broad SMARTS) is 1. The second-order valence-corrected chi connectivity index (χ2v) is 5.97. The molecule has 1 aromatic rings. The summed E-state index contributed by atoms with van der Waals surface area (Å²) >= 11 is 0.